The SMILES string of the molecule is CO[C@@H]1O[C@@H](CNS(C)(=O)=O)[C@@H](O[C@@H]2O[C@@H](CO)[C@H](O)[C@H](O)[C@@H]2O)[C@H](O)[C@@H]1NC(C)=O. The first-order valence-corrected chi connectivity index (χ1v) is 11.3. The average Bonchev–Trinajstić information content (AvgIpc) is 2.69. The molecule has 2 rings (SSSR count). The zero-order valence-corrected chi connectivity index (χ0v) is 18.0. The zero-order chi connectivity index (χ0) is 23.5. The van der Waals surface area contributed by atoms with Crippen LogP contribution in [0.1, 0.15) is 6.92 Å². The predicted molar refractivity (Wildman–Crippen MR) is 101 cm³/mol. The molecule has 14 nitrogen and oxygen atoms in total. The van der Waals surface area contributed by atoms with Crippen LogP contribution in [0, 0.1) is 0 Å². The summed E-state index contributed by atoms with van der Waals surface area (Å²) in [5, 5.41) is 52.7. The highest BCUT2D eigenvalue weighted by Gasteiger charge is 2.51. The Morgan fingerprint density at radius 1 is 1.00 bits per heavy atom. The number of hydrogen-bond donors (Lipinski definition) is 7. The molecule has 10 atom stereocenters. The van der Waals surface area contributed by atoms with Gasteiger partial charge in [0.05, 0.1) is 12.9 Å². The topological polar surface area (TPSA) is 213 Å². The van der Waals surface area contributed by atoms with Crippen molar-refractivity contribution in [2.75, 3.05) is 26.5 Å². The first kappa shape index (κ1) is 26.3. The molecule has 182 valence electrons. The summed E-state index contributed by atoms with van der Waals surface area (Å²) in [6.07, 6.45) is -12.4. The number of hydrogen-bond acceptors (Lipinski definition) is 12. The van der Waals surface area contributed by atoms with Crippen molar-refractivity contribution in [2.24, 2.45) is 0 Å². The fourth-order valence-electron chi connectivity index (χ4n) is 3.41. The van der Waals surface area contributed by atoms with E-state index in [1.807, 2.05) is 0 Å². The maximum atomic E-state index is 11.5. The molecule has 0 aliphatic carbocycles. The molecule has 2 heterocycles. The van der Waals surface area contributed by atoms with Gasteiger partial charge in [-0.05, 0) is 0 Å². The molecule has 0 spiro atoms. The van der Waals surface area contributed by atoms with Gasteiger partial charge in [0.2, 0.25) is 15.9 Å². The van der Waals surface area contributed by atoms with Crippen LogP contribution in [0.3, 0.4) is 0 Å². The molecule has 0 radical (unpaired) electrons. The van der Waals surface area contributed by atoms with Crippen LogP contribution in [0.2, 0.25) is 0 Å². The minimum absolute atomic E-state index is 0.370. The molecule has 0 saturated carbocycles. The molecule has 2 aliphatic heterocycles. The fourth-order valence-corrected chi connectivity index (χ4v) is 3.88. The summed E-state index contributed by atoms with van der Waals surface area (Å²) in [4.78, 5) is 11.5. The standard InChI is InChI=1S/C16H30N2O12S/c1-6(20)18-9-11(22)14(7(28-15(9)27-2)4-17-31(3,25)26)30-16-13(24)12(23)10(21)8(5-19)29-16/h7-17,19,21-24H,4-5H2,1-3H3,(H,18,20)/t7-,8-,9-,10-,11+,12-,13-,14+,15+,16-/m0/s1. The Labute approximate surface area is 179 Å². The second-order valence-corrected chi connectivity index (χ2v) is 9.25. The van der Waals surface area contributed by atoms with Crippen molar-refractivity contribution >= 4 is 15.9 Å². The van der Waals surface area contributed by atoms with Gasteiger partial charge in [-0.15, -0.1) is 0 Å². The maximum Gasteiger partial charge on any atom is 0.217 e. The van der Waals surface area contributed by atoms with E-state index in [9.17, 15) is 38.7 Å². The highest BCUT2D eigenvalue weighted by molar-refractivity contribution is 7.88. The van der Waals surface area contributed by atoms with Crippen molar-refractivity contribution < 1.29 is 57.7 Å². The van der Waals surface area contributed by atoms with Crippen molar-refractivity contribution in [2.45, 2.75) is 68.3 Å². The van der Waals surface area contributed by atoms with Gasteiger partial charge >= 0.3 is 0 Å². The van der Waals surface area contributed by atoms with E-state index < -0.39 is 83.9 Å². The Morgan fingerprint density at radius 3 is 2.13 bits per heavy atom. The van der Waals surface area contributed by atoms with E-state index in [1.165, 1.54) is 14.0 Å². The summed E-state index contributed by atoms with van der Waals surface area (Å²) < 4.78 is 46.9. The Kier molecular flexibility index (Phi) is 9.12. The molecule has 0 aromatic carbocycles. The summed E-state index contributed by atoms with van der Waals surface area (Å²) in [5.74, 6) is -0.519. The van der Waals surface area contributed by atoms with Crippen LogP contribution in [0.25, 0.3) is 0 Å². The third-order valence-electron chi connectivity index (χ3n) is 4.96. The number of amides is 1. The van der Waals surface area contributed by atoms with Gasteiger partial charge in [-0.2, -0.15) is 0 Å². The van der Waals surface area contributed by atoms with Crippen molar-refractivity contribution in [3.63, 3.8) is 0 Å². The Balaban J connectivity index is 2.29. The van der Waals surface area contributed by atoms with Gasteiger partial charge in [-0.25, -0.2) is 13.1 Å². The molecule has 31 heavy (non-hydrogen) atoms. The highest BCUT2D eigenvalue weighted by atomic mass is 32.2. The number of methoxy groups -OCH3 is 1. The molecular formula is C16H30N2O12S. The predicted octanol–water partition coefficient (Wildman–Crippen LogP) is -5.04. The lowest BCUT2D eigenvalue weighted by molar-refractivity contribution is -0.344. The molecule has 0 aromatic heterocycles. The van der Waals surface area contributed by atoms with Crippen molar-refractivity contribution in [1.29, 1.82) is 0 Å². The Hall–Kier alpha value is -0.980. The molecule has 2 saturated heterocycles. The molecule has 7 N–H and O–H groups in total. The third-order valence-corrected chi connectivity index (χ3v) is 5.65. The second kappa shape index (κ2) is 10.8. The van der Waals surface area contributed by atoms with Crippen LogP contribution in [0.5, 0.6) is 0 Å². The monoisotopic (exact) mass is 474 g/mol. The van der Waals surface area contributed by atoms with Gasteiger partial charge in [-0.3, -0.25) is 4.79 Å². The molecule has 2 aliphatic rings. The van der Waals surface area contributed by atoms with Crippen LogP contribution in [0.15, 0.2) is 0 Å². The fraction of sp³-hybridized carbons (Fsp3) is 0.938. The first-order chi connectivity index (χ1) is 14.4. The van der Waals surface area contributed by atoms with Crippen LogP contribution in [0.4, 0.5) is 0 Å². The lowest BCUT2D eigenvalue weighted by Crippen LogP contribution is -2.68. The minimum Gasteiger partial charge on any atom is -0.394 e. The number of carbonyl (C=O) groups excluding carboxylic acids is 1. The number of sulfonamides is 1. The van der Waals surface area contributed by atoms with E-state index >= 15 is 0 Å². The molecule has 0 bridgehead atoms. The van der Waals surface area contributed by atoms with Crippen molar-refractivity contribution in [3.05, 3.63) is 0 Å². The number of rotatable bonds is 8. The highest BCUT2D eigenvalue weighted by Crippen LogP contribution is 2.29. The van der Waals surface area contributed by atoms with E-state index in [4.69, 9.17) is 18.9 Å². The third kappa shape index (κ3) is 6.52. The molecule has 15 heteroatoms. The summed E-state index contributed by atoms with van der Waals surface area (Å²) in [7, 11) is -2.40. The van der Waals surface area contributed by atoms with Gasteiger partial charge in [0.1, 0.15) is 48.8 Å². The minimum atomic E-state index is -3.66. The van der Waals surface area contributed by atoms with Crippen molar-refractivity contribution in [1.82, 2.24) is 10.0 Å². The number of nitrogens with one attached hydrogen (secondary N) is 2. The Bertz CT molecular complexity index is 707. The number of aliphatic hydroxyl groups excluding tert-OH is 5. The van der Waals surface area contributed by atoms with Crippen LogP contribution in [-0.4, -0.2) is 128 Å². The molecule has 2 fully saturated rings. The van der Waals surface area contributed by atoms with Gasteiger partial charge in [0.25, 0.3) is 0 Å². The maximum absolute atomic E-state index is 11.5. The summed E-state index contributed by atoms with van der Waals surface area (Å²) in [6.45, 7) is 0.128. The van der Waals surface area contributed by atoms with E-state index in [1.54, 1.807) is 0 Å². The van der Waals surface area contributed by atoms with Gasteiger partial charge in [-0.1, -0.05) is 0 Å². The largest absolute Gasteiger partial charge is 0.394 e. The zero-order valence-electron chi connectivity index (χ0n) is 17.2. The number of ether oxygens (including phenoxy) is 4. The smallest absolute Gasteiger partial charge is 0.217 e. The van der Waals surface area contributed by atoms with Crippen LogP contribution in [-0.2, 0) is 33.8 Å². The summed E-state index contributed by atoms with van der Waals surface area (Å²) in [5.41, 5.74) is 0. The normalized spacial score (nSPS) is 41.7. The van der Waals surface area contributed by atoms with Gasteiger partial charge in [0.15, 0.2) is 12.6 Å². The van der Waals surface area contributed by atoms with Crippen molar-refractivity contribution in [3.8, 4) is 0 Å². The lowest BCUT2D eigenvalue weighted by Gasteiger charge is -2.47. The van der Waals surface area contributed by atoms with E-state index in [2.05, 4.69) is 10.0 Å². The quantitative estimate of drug-likeness (QED) is 0.176. The Morgan fingerprint density at radius 2 is 1.61 bits per heavy atom. The van der Waals surface area contributed by atoms with Gasteiger partial charge in [0, 0.05) is 20.6 Å². The number of aliphatic hydroxyl groups is 5. The van der Waals surface area contributed by atoms with E-state index in [0.29, 0.717) is 0 Å². The lowest BCUT2D eigenvalue weighted by atomic mass is 9.95. The molecule has 1 amide bonds. The second-order valence-electron chi connectivity index (χ2n) is 7.41. The number of carbonyl (C=O) groups is 1. The molecular weight excluding hydrogens is 444 g/mol. The summed E-state index contributed by atoms with van der Waals surface area (Å²) >= 11 is 0. The molecule has 0 unspecified atom stereocenters. The average molecular weight is 474 g/mol. The summed E-state index contributed by atoms with van der Waals surface area (Å²) in [6, 6.07) is -1.13. The van der Waals surface area contributed by atoms with Crippen LogP contribution < -0.4 is 10.0 Å². The van der Waals surface area contributed by atoms with Gasteiger partial charge < -0.3 is 49.8 Å². The molecule has 0 aromatic rings. The van der Waals surface area contributed by atoms with Crippen LogP contribution >= 0.6 is 0 Å². The van der Waals surface area contributed by atoms with E-state index in [0.717, 1.165) is 6.26 Å². The van der Waals surface area contributed by atoms with E-state index in [-0.39, 0.29) is 6.54 Å². The first-order valence-electron chi connectivity index (χ1n) is 9.43.